The van der Waals surface area contributed by atoms with Crippen LogP contribution in [0.1, 0.15) is 0 Å². The maximum atomic E-state index is 5.77. The van der Waals surface area contributed by atoms with E-state index in [4.69, 9.17) is 11.5 Å². The van der Waals surface area contributed by atoms with Gasteiger partial charge in [0.1, 0.15) is 7.05 Å². The molecule has 2 aromatic rings. The summed E-state index contributed by atoms with van der Waals surface area (Å²) in [6.07, 6.45) is 5.89. The molecule has 0 bridgehead atoms. The second-order valence-electron chi connectivity index (χ2n) is 3.77. The van der Waals surface area contributed by atoms with Crippen molar-refractivity contribution in [1.29, 1.82) is 0 Å². The maximum Gasteiger partial charge on any atom is 0.271 e. The molecule has 2 rings (SSSR count). The van der Waals surface area contributed by atoms with E-state index >= 15 is 0 Å². The molecule has 6 heteroatoms. The first kappa shape index (κ1) is 11.3. The van der Waals surface area contributed by atoms with Crippen LogP contribution in [0.25, 0.3) is 10.6 Å². The molecule has 0 aliphatic heterocycles. The van der Waals surface area contributed by atoms with Crippen LogP contribution in [0.3, 0.4) is 0 Å². The molecule has 0 aliphatic rings. The molecule has 2 heterocycles. The first-order valence-electron chi connectivity index (χ1n) is 5.12. The normalized spacial score (nSPS) is 12.9. The van der Waals surface area contributed by atoms with E-state index in [2.05, 4.69) is 15.0 Å². The number of thiazole rings is 1. The Bertz CT molecular complexity index is 461. The van der Waals surface area contributed by atoms with E-state index in [1.807, 2.05) is 30.3 Å². The lowest BCUT2D eigenvalue weighted by Crippen LogP contribution is -2.34. The Balaban J connectivity index is 2.17. The maximum absolute atomic E-state index is 5.77. The number of nitrogens with two attached hydrogens (primary N) is 2. The van der Waals surface area contributed by atoms with E-state index in [1.54, 1.807) is 11.3 Å². The summed E-state index contributed by atoms with van der Waals surface area (Å²) in [5.41, 5.74) is 12.4. The topological polar surface area (TPSA) is 73.7 Å². The van der Waals surface area contributed by atoms with Crippen molar-refractivity contribution in [2.24, 2.45) is 18.5 Å². The number of nitrogens with zero attached hydrogens (tertiary/aromatic N) is 3. The molecule has 0 spiro atoms. The van der Waals surface area contributed by atoms with Gasteiger partial charge in [-0.3, -0.25) is 4.68 Å². The zero-order valence-electron chi connectivity index (χ0n) is 9.21. The van der Waals surface area contributed by atoms with E-state index in [0.717, 1.165) is 5.56 Å². The lowest BCUT2D eigenvalue weighted by atomic mass is 10.3. The third-order valence-corrected chi connectivity index (χ3v) is 3.39. The summed E-state index contributed by atoms with van der Waals surface area (Å²) in [5.74, 6) is 0. The van der Waals surface area contributed by atoms with Crippen LogP contribution < -0.4 is 16.0 Å². The van der Waals surface area contributed by atoms with Crippen LogP contribution in [0.5, 0.6) is 0 Å². The van der Waals surface area contributed by atoms with Crippen molar-refractivity contribution in [2.45, 2.75) is 12.6 Å². The Morgan fingerprint density at radius 2 is 2.44 bits per heavy atom. The molecule has 0 fully saturated rings. The van der Waals surface area contributed by atoms with Gasteiger partial charge in [0.05, 0.1) is 23.7 Å². The highest BCUT2D eigenvalue weighted by molar-refractivity contribution is 7.12. The van der Waals surface area contributed by atoms with Crippen molar-refractivity contribution in [3.8, 4) is 10.6 Å². The third-order valence-electron chi connectivity index (χ3n) is 2.39. The number of hydrogen-bond acceptors (Lipinski definition) is 4. The van der Waals surface area contributed by atoms with Crippen molar-refractivity contribution < 1.29 is 4.57 Å². The van der Waals surface area contributed by atoms with E-state index in [-0.39, 0.29) is 6.04 Å². The summed E-state index contributed by atoms with van der Waals surface area (Å²) in [6.45, 7) is 1.13. The van der Waals surface area contributed by atoms with Gasteiger partial charge in [-0.05, 0) is 0 Å². The zero-order chi connectivity index (χ0) is 11.5. The average Bonchev–Trinajstić information content (AvgIpc) is 2.86. The van der Waals surface area contributed by atoms with Gasteiger partial charge in [0, 0.05) is 18.8 Å². The van der Waals surface area contributed by atoms with Crippen molar-refractivity contribution >= 4 is 11.3 Å². The van der Waals surface area contributed by atoms with E-state index < -0.39 is 0 Å². The zero-order valence-corrected chi connectivity index (χ0v) is 10.0. The molecule has 2 aromatic heterocycles. The Morgan fingerprint density at radius 3 is 3.06 bits per heavy atom. The summed E-state index contributed by atoms with van der Waals surface area (Å²) in [7, 11) is 2.02. The fraction of sp³-hybridized carbons (Fsp3) is 0.400. The molecule has 16 heavy (non-hydrogen) atoms. The van der Waals surface area contributed by atoms with Crippen molar-refractivity contribution in [3.05, 3.63) is 24.0 Å². The predicted octanol–water partition coefficient (Wildman–Crippen LogP) is -0.278. The van der Waals surface area contributed by atoms with E-state index in [1.165, 1.54) is 5.01 Å². The van der Waals surface area contributed by atoms with Gasteiger partial charge in [-0.2, -0.15) is 9.67 Å². The quantitative estimate of drug-likeness (QED) is 0.720. The number of rotatable bonds is 4. The summed E-state index contributed by atoms with van der Waals surface area (Å²) < 4.78 is 3.92. The van der Waals surface area contributed by atoms with Gasteiger partial charge in [-0.25, -0.2) is 0 Å². The van der Waals surface area contributed by atoms with Gasteiger partial charge in [0.2, 0.25) is 0 Å². The van der Waals surface area contributed by atoms with Crippen molar-refractivity contribution in [2.75, 3.05) is 6.54 Å². The third kappa shape index (κ3) is 2.29. The van der Waals surface area contributed by atoms with Gasteiger partial charge in [0.25, 0.3) is 5.01 Å². The molecule has 0 aliphatic carbocycles. The molecule has 1 unspecified atom stereocenters. The Hall–Kier alpha value is -1.24. The van der Waals surface area contributed by atoms with Gasteiger partial charge >= 0.3 is 0 Å². The van der Waals surface area contributed by atoms with Crippen LogP contribution in [0.2, 0.25) is 0 Å². The molecular formula is C10H16N5S+. The SMILES string of the molecule is C[n+]1ccsc1-c1cnn(CC(N)CN)c1. The fourth-order valence-corrected chi connectivity index (χ4v) is 2.34. The number of aryl methyl sites for hydroxylation is 1. The summed E-state index contributed by atoms with van der Waals surface area (Å²) in [6, 6.07) is -0.0372. The van der Waals surface area contributed by atoms with Crippen molar-refractivity contribution in [1.82, 2.24) is 9.78 Å². The molecule has 5 nitrogen and oxygen atoms in total. The number of aromatic nitrogens is 3. The minimum Gasteiger partial charge on any atom is -0.329 e. The lowest BCUT2D eigenvalue weighted by molar-refractivity contribution is -0.655. The van der Waals surface area contributed by atoms with Gasteiger partial charge < -0.3 is 11.5 Å². The monoisotopic (exact) mass is 238 g/mol. The Labute approximate surface area is 98.3 Å². The molecule has 86 valence electrons. The summed E-state index contributed by atoms with van der Waals surface area (Å²) in [5, 5.41) is 7.52. The van der Waals surface area contributed by atoms with Gasteiger partial charge in [-0.1, -0.05) is 11.3 Å². The molecule has 4 N–H and O–H groups in total. The highest BCUT2D eigenvalue weighted by Crippen LogP contribution is 2.18. The average molecular weight is 238 g/mol. The van der Waals surface area contributed by atoms with Crippen LogP contribution in [0.15, 0.2) is 24.0 Å². The standard InChI is InChI=1S/C10H16N5S/c1-14-2-3-16-10(14)8-5-13-15(6-8)7-9(12)4-11/h2-3,5-6,9H,4,7,11-12H2,1H3/q+1. The predicted molar refractivity (Wildman–Crippen MR) is 63.7 cm³/mol. The van der Waals surface area contributed by atoms with Crippen LogP contribution in [-0.2, 0) is 13.6 Å². The van der Waals surface area contributed by atoms with Gasteiger partial charge in [-0.15, -0.1) is 0 Å². The number of hydrogen-bond donors (Lipinski definition) is 2. The molecular weight excluding hydrogens is 222 g/mol. The fourth-order valence-electron chi connectivity index (χ4n) is 1.50. The first-order chi connectivity index (χ1) is 7.70. The van der Waals surface area contributed by atoms with Crippen LogP contribution in [-0.4, -0.2) is 22.4 Å². The van der Waals surface area contributed by atoms with Crippen LogP contribution in [0.4, 0.5) is 0 Å². The smallest absolute Gasteiger partial charge is 0.271 e. The van der Waals surface area contributed by atoms with Crippen LogP contribution in [0, 0.1) is 0 Å². The molecule has 0 radical (unpaired) electrons. The lowest BCUT2D eigenvalue weighted by Gasteiger charge is -2.07. The first-order valence-corrected chi connectivity index (χ1v) is 6.00. The molecule has 0 aromatic carbocycles. The second kappa shape index (κ2) is 4.73. The van der Waals surface area contributed by atoms with Gasteiger partial charge in [0.15, 0.2) is 6.20 Å². The molecule has 0 saturated heterocycles. The highest BCUT2D eigenvalue weighted by atomic mass is 32.1. The highest BCUT2D eigenvalue weighted by Gasteiger charge is 2.13. The van der Waals surface area contributed by atoms with E-state index in [0.29, 0.717) is 13.1 Å². The molecule has 0 saturated carbocycles. The Kier molecular flexibility index (Phi) is 3.33. The van der Waals surface area contributed by atoms with E-state index in [9.17, 15) is 0 Å². The minimum absolute atomic E-state index is 0.0372. The largest absolute Gasteiger partial charge is 0.329 e. The molecule has 0 amide bonds. The summed E-state index contributed by atoms with van der Waals surface area (Å²) in [4.78, 5) is 0. The minimum atomic E-state index is -0.0372. The second-order valence-corrected chi connectivity index (χ2v) is 4.66. The Morgan fingerprint density at radius 1 is 1.62 bits per heavy atom. The van der Waals surface area contributed by atoms with Crippen LogP contribution >= 0.6 is 11.3 Å². The summed E-state index contributed by atoms with van der Waals surface area (Å²) >= 11 is 1.69. The van der Waals surface area contributed by atoms with Crippen molar-refractivity contribution in [3.63, 3.8) is 0 Å². The molecule has 1 atom stereocenters.